The van der Waals surface area contributed by atoms with E-state index in [1.54, 1.807) is 0 Å². The van der Waals surface area contributed by atoms with E-state index in [-0.39, 0.29) is 118 Å². The van der Waals surface area contributed by atoms with E-state index in [1.807, 2.05) is 0 Å². The molecule has 0 spiro atoms. The van der Waals surface area contributed by atoms with Crippen molar-refractivity contribution in [2.24, 2.45) is 20.5 Å². The summed E-state index contributed by atoms with van der Waals surface area (Å²) in [5.41, 5.74) is -2.35. The summed E-state index contributed by atoms with van der Waals surface area (Å²) in [5.74, 6) is -1.37. The summed E-state index contributed by atoms with van der Waals surface area (Å²) in [6, 6.07) is 17.1. The fourth-order valence-corrected chi connectivity index (χ4v) is 9.56. The molecule has 8 aromatic rings. The van der Waals surface area contributed by atoms with Crippen molar-refractivity contribution >= 4 is 84.8 Å². The van der Waals surface area contributed by atoms with Crippen LogP contribution in [0.1, 0.15) is 17.1 Å². The molecule has 6 aromatic carbocycles. The van der Waals surface area contributed by atoms with Gasteiger partial charge in [-0.2, -0.15) is 10.2 Å². The predicted octanol–water partition coefficient (Wildman–Crippen LogP) is 3.85. The van der Waals surface area contributed by atoms with Gasteiger partial charge in [0, 0.05) is 0 Å². The van der Waals surface area contributed by atoms with Gasteiger partial charge >= 0.3 is 39.8 Å². The minimum atomic E-state index is -5.24. The van der Waals surface area contributed by atoms with Crippen LogP contribution in [0.15, 0.2) is 147 Å². The summed E-state index contributed by atoms with van der Waals surface area (Å²) in [5, 5.41) is 49.2. The molecule has 0 unspecified atom stereocenters. The van der Waals surface area contributed by atoms with Gasteiger partial charge in [0.25, 0.3) is 0 Å². The first-order valence-corrected chi connectivity index (χ1v) is 24.3. The van der Waals surface area contributed by atoms with Gasteiger partial charge in [-0.25, -0.2) is 53.2 Å². The number of fused-ring (bicyclic) bond motifs is 2. The molecule has 70 heavy (non-hydrogen) atoms. The summed E-state index contributed by atoms with van der Waals surface area (Å²) in [7, 11) is -20.9. The van der Waals surface area contributed by atoms with Crippen molar-refractivity contribution in [1.82, 2.24) is 19.6 Å². The molecule has 2 heterocycles. The van der Waals surface area contributed by atoms with Crippen molar-refractivity contribution in [2.75, 3.05) is 0 Å². The maximum Gasteiger partial charge on any atom is 2.00 e. The first-order valence-electron chi connectivity index (χ1n) is 18.7. The van der Waals surface area contributed by atoms with Gasteiger partial charge < -0.3 is 48.2 Å². The zero-order valence-corrected chi connectivity index (χ0v) is 39.7. The van der Waals surface area contributed by atoms with E-state index in [0.29, 0.717) is 12.1 Å². The standard InChI is InChI=1S/C40H28N8O16S4.2Cu/c1-19-37(39(51)47(45-19)25-5-7-29-23(11-25)13-27(65(53,54)55)17-35(29)67(59,60)61)43-41-31-9-3-21(15-33(31)49)22-4-10-32(34(50)16-22)42-44-38-20(2)46-48(40(38)52)26-6-8-30-24(12-26)14-28(66(56,57)58)18-36(30)68(62,63)64;;/h3-18,49-50H,1-2H3,(H,53,54,55)(H,56,57,58)(H,59,60,61)(H,62,63,64);;/q-2;2*+2/p-2. The van der Waals surface area contributed by atoms with Crippen LogP contribution in [0.5, 0.6) is 11.5 Å². The van der Waals surface area contributed by atoms with E-state index in [1.165, 1.54) is 50.2 Å². The summed E-state index contributed by atoms with van der Waals surface area (Å²) in [4.78, 5) is 22.8. The molecule has 368 valence electrons. The molecule has 0 aliphatic carbocycles. The van der Waals surface area contributed by atoms with Crippen LogP contribution in [0.25, 0.3) is 44.0 Å². The van der Waals surface area contributed by atoms with Crippen LogP contribution in [0.2, 0.25) is 0 Å². The Labute approximate surface area is 420 Å². The molecule has 0 atom stereocenters. The Hall–Kier alpha value is -6.66. The molecule has 0 fully saturated rings. The van der Waals surface area contributed by atoms with Gasteiger partial charge in [-0.15, -0.1) is 11.4 Å². The van der Waals surface area contributed by atoms with Crippen LogP contribution in [-0.4, -0.2) is 71.4 Å². The van der Waals surface area contributed by atoms with Crippen molar-refractivity contribution in [2.45, 2.75) is 33.4 Å². The van der Waals surface area contributed by atoms with Crippen molar-refractivity contribution in [3.63, 3.8) is 0 Å². The number of aromatic nitrogens is 4. The minimum absolute atomic E-state index is 0. The molecule has 0 aliphatic heterocycles. The third-order valence-corrected chi connectivity index (χ3v) is 13.5. The molecule has 0 aliphatic rings. The van der Waals surface area contributed by atoms with E-state index >= 15 is 0 Å². The molecule has 2 radical (unpaired) electrons. The molecule has 0 amide bonds. The van der Waals surface area contributed by atoms with Gasteiger partial charge in [-0.05, 0) is 93.3 Å². The molecule has 0 saturated carbocycles. The molecule has 0 N–H and O–H groups in total. The quantitative estimate of drug-likeness (QED) is 0.0768. The zero-order valence-electron chi connectivity index (χ0n) is 38.6. The van der Waals surface area contributed by atoms with Crippen molar-refractivity contribution in [1.29, 1.82) is 0 Å². The Balaban J connectivity index is 0.00000312. The number of benzene rings is 6. The molecule has 24 nitrogen and oxygen atoms in total. The topological polar surface area (TPSA) is 394 Å². The average Bonchev–Trinajstić information content (AvgIpc) is 3.70. The van der Waals surface area contributed by atoms with E-state index in [9.17, 15) is 71.7 Å². The Morgan fingerprint density at radius 3 is 1.17 bits per heavy atom. The Morgan fingerprint density at radius 1 is 0.500 bits per heavy atom. The molecule has 8 rings (SSSR count). The SMILES string of the molecule is Cc1nn(-c2ccc3c(S(=O)(=O)[O-])cc(S(=O)(=O)[O-])cc3c2)c(=O)[c-]1N=Nc1ccc(-c2ccc(N=N[c-]3c(C)nn(-c4ccc5c(S(=O)(=O)[O-])cc(S(=O)(=O)[O-])cc5c4)c3=O)c([O-])c2)cc1[O-].[Cu+2].[Cu+2].[H+].[H+].[H+].[H+]. The second-order valence-electron chi connectivity index (χ2n) is 14.5. The zero-order chi connectivity index (χ0) is 49.4. The normalized spacial score (nSPS) is 12.5. The second kappa shape index (κ2) is 18.9. The number of azo groups is 2. The van der Waals surface area contributed by atoms with Crippen LogP contribution in [0.4, 0.5) is 22.7 Å². The largest absolute Gasteiger partial charge is 2.00 e. The van der Waals surface area contributed by atoms with E-state index in [0.717, 1.165) is 57.9 Å². The first kappa shape index (κ1) is 52.7. The summed E-state index contributed by atoms with van der Waals surface area (Å²) in [6.07, 6.45) is 0. The Bertz CT molecular complexity index is 3910. The molecule has 30 heteroatoms. The second-order valence-corrected chi connectivity index (χ2v) is 20.0. The van der Waals surface area contributed by atoms with Crippen LogP contribution in [-0.2, 0) is 74.6 Å². The predicted molar refractivity (Wildman–Crippen MR) is 231 cm³/mol. The monoisotopic (exact) mass is 1130 g/mol. The maximum absolute atomic E-state index is 13.4. The molecular weight excluding hydrogens is 1100 g/mol. The number of aryl methyl sites for hydroxylation is 2. The molecular formula is C40H26Cu2N8O16S4. The summed E-state index contributed by atoms with van der Waals surface area (Å²) < 4.78 is 143. The maximum atomic E-state index is 13.4. The minimum Gasteiger partial charge on any atom is -0.871 e. The van der Waals surface area contributed by atoms with Crippen LogP contribution in [0, 0.1) is 13.8 Å². The number of hydrogen-bond acceptors (Lipinski definition) is 22. The third kappa shape index (κ3) is 10.3. The van der Waals surface area contributed by atoms with E-state index in [4.69, 9.17) is 0 Å². The summed E-state index contributed by atoms with van der Waals surface area (Å²) >= 11 is 0. The van der Waals surface area contributed by atoms with Crippen LogP contribution >= 0.6 is 0 Å². The molecule has 0 saturated heterocycles. The Kier molecular flexibility index (Phi) is 14.2. The van der Waals surface area contributed by atoms with Gasteiger partial charge in [0.1, 0.15) is 51.6 Å². The van der Waals surface area contributed by atoms with Crippen LogP contribution < -0.4 is 21.3 Å². The van der Waals surface area contributed by atoms with Crippen LogP contribution in [0.3, 0.4) is 0 Å². The Morgan fingerprint density at radius 2 is 0.857 bits per heavy atom. The van der Waals surface area contributed by atoms with Gasteiger partial charge in [-0.3, -0.25) is 0 Å². The fourth-order valence-electron chi connectivity index (χ4n) is 6.89. The molecule has 0 bridgehead atoms. The van der Waals surface area contributed by atoms with Crippen molar-refractivity contribution in [3.8, 4) is 34.0 Å². The van der Waals surface area contributed by atoms with Gasteiger partial charge in [0.05, 0.1) is 42.3 Å². The van der Waals surface area contributed by atoms with Crippen molar-refractivity contribution < 1.29 is 102 Å². The fraction of sp³-hybridized carbons (Fsp3) is 0.0500. The van der Waals surface area contributed by atoms with E-state index < -0.39 is 82.7 Å². The van der Waals surface area contributed by atoms with E-state index in [2.05, 4.69) is 30.7 Å². The van der Waals surface area contributed by atoms with Gasteiger partial charge in [0.2, 0.25) is 0 Å². The number of rotatable bonds is 11. The summed E-state index contributed by atoms with van der Waals surface area (Å²) in [6.45, 7) is 2.78. The smallest absolute Gasteiger partial charge is 0.871 e. The number of nitrogens with zero attached hydrogens (tertiary/aromatic N) is 8. The van der Waals surface area contributed by atoms with Gasteiger partial charge in [0.15, 0.2) is 0 Å². The average molecular weight is 1130 g/mol. The third-order valence-electron chi connectivity index (χ3n) is 10.1. The van der Waals surface area contributed by atoms with Crippen molar-refractivity contribution in [3.05, 3.63) is 129 Å². The first-order chi connectivity index (χ1) is 31.7. The molecule has 2 aromatic heterocycles. The number of hydrogen-bond donors (Lipinski definition) is 0. The van der Waals surface area contributed by atoms with Gasteiger partial charge in [-0.1, -0.05) is 73.1 Å².